The molecule has 6 heteroatoms. The zero-order valence-electron chi connectivity index (χ0n) is 14.3. The maximum atomic E-state index is 11.3. The number of carbonyl (C=O) groups excluding carboxylic acids is 1. The second-order valence-corrected chi connectivity index (χ2v) is 5.46. The molecule has 0 fully saturated rings. The van der Waals surface area contributed by atoms with Crippen molar-refractivity contribution in [2.75, 3.05) is 13.2 Å². The molecule has 2 aromatic rings. The van der Waals surface area contributed by atoms with Crippen LogP contribution in [-0.4, -0.2) is 24.0 Å². The number of nitrogens with zero attached hydrogens (tertiary/aromatic N) is 1. The molecule has 1 heterocycles. The molecule has 6 nitrogen and oxygen atoms in total. The molecule has 0 unspecified atom stereocenters. The number of benzene rings is 1. The molecule has 1 amide bonds. The van der Waals surface area contributed by atoms with Crippen LogP contribution in [0.3, 0.4) is 0 Å². The lowest BCUT2D eigenvalue weighted by Gasteiger charge is -2.07. The van der Waals surface area contributed by atoms with Gasteiger partial charge in [-0.2, -0.15) is 0 Å². The SMILES string of the molecule is CCCc1ncc(CNCc2ccc(OCC(=O)NCC)cc2)o1. The van der Waals surface area contributed by atoms with Gasteiger partial charge in [0.05, 0.1) is 12.7 Å². The Labute approximate surface area is 142 Å². The third kappa shape index (κ3) is 6.04. The van der Waals surface area contributed by atoms with Crippen molar-refractivity contribution in [3.05, 3.63) is 47.7 Å². The molecule has 1 aromatic heterocycles. The fourth-order valence-electron chi connectivity index (χ4n) is 2.19. The molecule has 0 radical (unpaired) electrons. The third-order valence-electron chi connectivity index (χ3n) is 3.36. The van der Waals surface area contributed by atoms with E-state index in [0.717, 1.165) is 36.6 Å². The van der Waals surface area contributed by atoms with Crippen LogP contribution in [0.1, 0.15) is 37.5 Å². The predicted octanol–water partition coefficient (Wildman–Crippen LogP) is 2.43. The standard InChI is InChI=1S/C18H25N3O3/c1-3-5-18-21-12-16(24-18)11-19-10-14-6-8-15(9-7-14)23-13-17(22)20-4-2/h6-9,12,19H,3-5,10-11,13H2,1-2H3,(H,20,22). The summed E-state index contributed by atoms with van der Waals surface area (Å²) in [6, 6.07) is 7.68. The minimum Gasteiger partial charge on any atom is -0.484 e. The second-order valence-electron chi connectivity index (χ2n) is 5.46. The van der Waals surface area contributed by atoms with Crippen LogP contribution in [-0.2, 0) is 24.3 Å². The van der Waals surface area contributed by atoms with E-state index in [2.05, 4.69) is 22.5 Å². The summed E-state index contributed by atoms with van der Waals surface area (Å²) in [5.74, 6) is 2.21. The minimum atomic E-state index is -0.113. The smallest absolute Gasteiger partial charge is 0.257 e. The Kier molecular flexibility index (Phi) is 7.29. The Balaban J connectivity index is 1.72. The Morgan fingerprint density at radius 3 is 2.71 bits per heavy atom. The van der Waals surface area contributed by atoms with Gasteiger partial charge in [-0.05, 0) is 31.0 Å². The van der Waals surface area contributed by atoms with Crippen LogP contribution in [0.2, 0.25) is 0 Å². The highest BCUT2D eigenvalue weighted by Gasteiger charge is 2.04. The number of oxazole rings is 1. The number of hydrogen-bond acceptors (Lipinski definition) is 5. The summed E-state index contributed by atoms with van der Waals surface area (Å²) in [7, 11) is 0. The molecule has 24 heavy (non-hydrogen) atoms. The molecule has 0 atom stereocenters. The van der Waals surface area contributed by atoms with Crippen LogP contribution < -0.4 is 15.4 Å². The molecule has 0 aliphatic rings. The quantitative estimate of drug-likeness (QED) is 0.699. The highest BCUT2D eigenvalue weighted by Crippen LogP contribution is 2.12. The molecular formula is C18H25N3O3. The molecule has 0 bridgehead atoms. The first kappa shape index (κ1) is 18.0. The van der Waals surface area contributed by atoms with Gasteiger partial charge in [-0.15, -0.1) is 0 Å². The van der Waals surface area contributed by atoms with Crippen LogP contribution in [0, 0.1) is 0 Å². The molecule has 1 aromatic carbocycles. The lowest BCUT2D eigenvalue weighted by atomic mass is 10.2. The molecule has 2 rings (SSSR count). The number of aromatic nitrogens is 1. The highest BCUT2D eigenvalue weighted by molar-refractivity contribution is 5.77. The summed E-state index contributed by atoms with van der Waals surface area (Å²) < 4.78 is 11.0. The Morgan fingerprint density at radius 1 is 1.21 bits per heavy atom. The van der Waals surface area contributed by atoms with Gasteiger partial charge in [-0.3, -0.25) is 4.79 Å². The van der Waals surface area contributed by atoms with E-state index in [1.54, 1.807) is 6.20 Å². The number of nitrogens with one attached hydrogen (secondary N) is 2. The normalized spacial score (nSPS) is 10.6. The van der Waals surface area contributed by atoms with Crippen LogP contribution in [0.15, 0.2) is 34.9 Å². The maximum Gasteiger partial charge on any atom is 0.257 e. The Morgan fingerprint density at radius 2 is 2.00 bits per heavy atom. The van der Waals surface area contributed by atoms with E-state index in [4.69, 9.17) is 9.15 Å². The van der Waals surface area contributed by atoms with E-state index in [1.807, 2.05) is 31.2 Å². The predicted molar refractivity (Wildman–Crippen MR) is 91.7 cm³/mol. The monoisotopic (exact) mass is 331 g/mol. The van der Waals surface area contributed by atoms with Crippen molar-refractivity contribution >= 4 is 5.91 Å². The maximum absolute atomic E-state index is 11.3. The van der Waals surface area contributed by atoms with E-state index in [-0.39, 0.29) is 12.5 Å². The van der Waals surface area contributed by atoms with E-state index in [9.17, 15) is 4.79 Å². The number of aryl methyl sites for hydroxylation is 1. The van der Waals surface area contributed by atoms with E-state index in [0.29, 0.717) is 18.8 Å². The third-order valence-corrected chi connectivity index (χ3v) is 3.36. The summed E-state index contributed by atoms with van der Waals surface area (Å²) in [6.45, 7) is 6.00. The Bertz CT molecular complexity index is 623. The van der Waals surface area contributed by atoms with Crippen LogP contribution in [0.4, 0.5) is 0 Å². The molecule has 0 saturated heterocycles. The summed E-state index contributed by atoms with van der Waals surface area (Å²) in [4.78, 5) is 15.6. The van der Waals surface area contributed by atoms with Crippen LogP contribution >= 0.6 is 0 Å². The first-order valence-corrected chi connectivity index (χ1v) is 8.34. The van der Waals surface area contributed by atoms with Crippen LogP contribution in [0.5, 0.6) is 5.75 Å². The van der Waals surface area contributed by atoms with E-state index in [1.165, 1.54) is 0 Å². The molecule has 0 saturated carbocycles. The lowest BCUT2D eigenvalue weighted by Crippen LogP contribution is -2.28. The fraction of sp³-hybridized carbons (Fsp3) is 0.444. The summed E-state index contributed by atoms with van der Waals surface area (Å²) in [5, 5.41) is 6.01. The summed E-state index contributed by atoms with van der Waals surface area (Å²) in [6.07, 6.45) is 3.68. The minimum absolute atomic E-state index is 0.0387. The molecule has 0 aliphatic heterocycles. The number of hydrogen-bond donors (Lipinski definition) is 2. The van der Waals surface area contributed by atoms with Crippen molar-refractivity contribution in [1.82, 2.24) is 15.6 Å². The average Bonchev–Trinajstić information content (AvgIpc) is 3.02. The summed E-state index contributed by atoms with van der Waals surface area (Å²) >= 11 is 0. The van der Waals surface area contributed by atoms with Gasteiger partial charge in [0.1, 0.15) is 11.5 Å². The number of ether oxygens (including phenoxy) is 1. The van der Waals surface area contributed by atoms with Gasteiger partial charge in [-0.1, -0.05) is 19.1 Å². The zero-order chi connectivity index (χ0) is 17.2. The zero-order valence-corrected chi connectivity index (χ0v) is 14.3. The second kappa shape index (κ2) is 9.72. The molecule has 0 aliphatic carbocycles. The highest BCUT2D eigenvalue weighted by atomic mass is 16.5. The van der Waals surface area contributed by atoms with E-state index >= 15 is 0 Å². The molecule has 130 valence electrons. The first-order chi connectivity index (χ1) is 11.7. The Hall–Kier alpha value is -2.34. The van der Waals surface area contributed by atoms with Gasteiger partial charge >= 0.3 is 0 Å². The molecule has 0 spiro atoms. The molecular weight excluding hydrogens is 306 g/mol. The van der Waals surface area contributed by atoms with Crippen LogP contribution in [0.25, 0.3) is 0 Å². The summed E-state index contributed by atoms with van der Waals surface area (Å²) in [5.41, 5.74) is 1.13. The van der Waals surface area contributed by atoms with Crippen molar-refractivity contribution in [3.63, 3.8) is 0 Å². The fourth-order valence-corrected chi connectivity index (χ4v) is 2.19. The number of amides is 1. The van der Waals surface area contributed by atoms with Gasteiger partial charge in [0.2, 0.25) is 0 Å². The van der Waals surface area contributed by atoms with Gasteiger partial charge in [0, 0.05) is 19.5 Å². The largest absolute Gasteiger partial charge is 0.484 e. The van der Waals surface area contributed by atoms with Crippen molar-refractivity contribution in [1.29, 1.82) is 0 Å². The topological polar surface area (TPSA) is 76.4 Å². The van der Waals surface area contributed by atoms with Gasteiger partial charge in [0.25, 0.3) is 5.91 Å². The average molecular weight is 331 g/mol. The van der Waals surface area contributed by atoms with Gasteiger partial charge in [-0.25, -0.2) is 4.98 Å². The van der Waals surface area contributed by atoms with Gasteiger partial charge in [0.15, 0.2) is 12.5 Å². The van der Waals surface area contributed by atoms with Crippen molar-refractivity contribution < 1.29 is 13.9 Å². The van der Waals surface area contributed by atoms with Crippen molar-refractivity contribution in [3.8, 4) is 5.75 Å². The lowest BCUT2D eigenvalue weighted by molar-refractivity contribution is -0.122. The number of carbonyl (C=O) groups is 1. The van der Waals surface area contributed by atoms with Crippen molar-refractivity contribution in [2.24, 2.45) is 0 Å². The first-order valence-electron chi connectivity index (χ1n) is 8.34. The van der Waals surface area contributed by atoms with E-state index < -0.39 is 0 Å². The van der Waals surface area contributed by atoms with Crippen molar-refractivity contribution in [2.45, 2.75) is 39.8 Å². The number of rotatable bonds is 10. The van der Waals surface area contributed by atoms with Gasteiger partial charge < -0.3 is 19.8 Å². The molecule has 2 N–H and O–H groups in total. The number of likely N-dealkylation sites (N-methyl/N-ethyl adjacent to an activating group) is 1.